The van der Waals surface area contributed by atoms with Gasteiger partial charge in [0.25, 0.3) is 22.2 Å². The third-order valence-electron chi connectivity index (χ3n) is 3.05. The van der Waals surface area contributed by atoms with Crippen LogP contribution in [-0.2, 0) is 0 Å². The lowest BCUT2D eigenvalue weighted by molar-refractivity contribution is 0.255. The first-order chi connectivity index (χ1) is 11.0. The molecule has 23 heavy (non-hydrogen) atoms. The largest absolute Gasteiger partial charge is 0.432 e. The molecule has 0 radical (unpaired) electrons. The molecule has 0 aliphatic carbocycles. The second-order valence-corrected chi connectivity index (χ2v) is 6.15. The lowest BCUT2D eigenvalue weighted by Crippen LogP contribution is -2.21. The Labute approximate surface area is 135 Å². The van der Waals surface area contributed by atoms with Crippen molar-refractivity contribution in [1.29, 1.82) is 0 Å². The molecule has 0 aliphatic rings. The summed E-state index contributed by atoms with van der Waals surface area (Å²) in [5.74, 6) is 4.34. The molecule has 6 nitrogen and oxygen atoms in total. The summed E-state index contributed by atoms with van der Waals surface area (Å²) in [7, 11) is -0.837. The first kappa shape index (κ1) is 17.4. The van der Waals surface area contributed by atoms with E-state index in [1.54, 1.807) is 5.38 Å². The van der Waals surface area contributed by atoms with Crippen LogP contribution in [0.25, 0.3) is 0 Å². The fourth-order valence-electron chi connectivity index (χ4n) is 1.95. The number of aromatic amines is 2. The molecule has 4 N–H and O–H groups in total. The topological polar surface area (TPSA) is 81.0 Å². The van der Waals surface area contributed by atoms with Gasteiger partial charge < -0.3 is 10.6 Å². The van der Waals surface area contributed by atoms with Crippen LogP contribution in [0.2, 0.25) is 0 Å². The van der Waals surface area contributed by atoms with Gasteiger partial charge in [0, 0.05) is 6.07 Å². The number of ether oxygens (including phenoxy) is 1. The van der Waals surface area contributed by atoms with E-state index in [0.717, 1.165) is 42.4 Å². The van der Waals surface area contributed by atoms with E-state index in [-0.39, 0.29) is 17.7 Å². The normalized spacial score (nSPS) is 13.0. The maximum atomic E-state index is 13.6. The van der Waals surface area contributed by atoms with Crippen molar-refractivity contribution in [2.24, 2.45) is 0 Å². The predicted molar refractivity (Wildman–Crippen MR) is 85.4 cm³/mol. The Kier molecular flexibility index (Phi) is 6.05. The zero-order valence-electron chi connectivity index (χ0n) is 13.0. The molecule has 0 saturated carbocycles. The monoisotopic (exact) mass is 347 g/mol. The number of halogens is 2. The average Bonchev–Trinajstić information content (AvgIpc) is 2.50. The van der Waals surface area contributed by atoms with Gasteiger partial charge in [0.2, 0.25) is 0 Å². The molecule has 2 aromatic rings. The summed E-state index contributed by atoms with van der Waals surface area (Å²) in [5, 5.41) is 4.24. The van der Waals surface area contributed by atoms with E-state index >= 15 is 0 Å². The van der Waals surface area contributed by atoms with Gasteiger partial charge in [-0.2, -0.15) is 0 Å². The predicted octanol–water partition coefficient (Wildman–Crippen LogP) is 3.81. The Morgan fingerprint density at radius 3 is 2.83 bits per heavy atom. The smallest absolute Gasteiger partial charge is 0.274 e. The van der Waals surface area contributed by atoms with Crippen LogP contribution in [0.3, 0.4) is 0 Å². The summed E-state index contributed by atoms with van der Waals surface area (Å²) in [6.45, 7) is 4.12. The van der Waals surface area contributed by atoms with Gasteiger partial charge in [-0.1, -0.05) is 29.7 Å². The zero-order valence-corrected chi connectivity index (χ0v) is 13.8. The number of hydrogen-bond acceptors (Lipinski definition) is 3. The molecule has 1 aromatic carbocycles. The number of nitrogens with zero attached hydrogens (tertiary/aromatic N) is 1. The Hall–Kier alpha value is -2.00. The molecule has 2 unspecified atom stereocenters. The van der Waals surface area contributed by atoms with Crippen LogP contribution in [0, 0.1) is 11.6 Å². The van der Waals surface area contributed by atoms with Crippen molar-refractivity contribution in [1.82, 2.24) is 14.5 Å². The third kappa shape index (κ3) is 5.00. The molecule has 9 heteroatoms. The van der Waals surface area contributed by atoms with Crippen molar-refractivity contribution >= 4 is 10.9 Å². The van der Waals surface area contributed by atoms with Crippen molar-refractivity contribution in [3.8, 4) is 11.6 Å². The molecular formula is C14H21F2N4O2S+. The summed E-state index contributed by atoms with van der Waals surface area (Å²) in [5.41, 5.74) is 0. The highest BCUT2D eigenvalue weighted by atomic mass is 32.2. The van der Waals surface area contributed by atoms with Crippen LogP contribution in [0.15, 0.2) is 23.6 Å². The minimum absolute atomic E-state index is 0.0748. The van der Waals surface area contributed by atoms with Crippen LogP contribution in [0.1, 0.15) is 33.1 Å². The summed E-state index contributed by atoms with van der Waals surface area (Å²) in [6.07, 6.45) is 2.86. The van der Waals surface area contributed by atoms with E-state index in [0.29, 0.717) is 0 Å². The Morgan fingerprint density at radius 2 is 2.13 bits per heavy atom. The van der Waals surface area contributed by atoms with Gasteiger partial charge in [-0.3, -0.25) is 0 Å². The molecule has 0 bridgehead atoms. The van der Waals surface area contributed by atoms with Crippen molar-refractivity contribution in [3.05, 3.63) is 35.2 Å². The van der Waals surface area contributed by atoms with Gasteiger partial charge in [0.1, 0.15) is 11.9 Å². The van der Waals surface area contributed by atoms with Gasteiger partial charge in [-0.15, -0.1) is 4.18 Å². The highest BCUT2D eigenvalue weighted by Crippen LogP contribution is 2.26. The van der Waals surface area contributed by atoms with Gasteiger partial charge in [0.05, 0.1) is 0 Å². The molecule has 128 valence electrons. The summed E-state index contributed by atoms with van der Waals surface area (Å²) in [4.78, 5) is 1.06. The molecule has 0 aliphatic heterocycles. The second-order valence-electron chi connectivity index (χ2n) is 4.94. The first-order valence-corrected chi connectivity index (χ1v) is 8.55. The molecule has 0 fully saturated rings. The van der Waals surface area contributed by atoms with Crippen molar-refractivity contribution < 1.29 is 17.7 Å². The average molecular weight is 347 g/mol. The van der Waals surface area contributed by atoms with E-state index in [9.17, 15) is 8.78 Å². The number of nitrogen functional groups attached to an aromatic ring is 1. The van der Waals surface area contributed by atoms with Crippen LogP contribution in [-0.4, -0.2) is 20.6 Å². The van der Waals surface area contributed by atoms with Crippen LogP contribution in [0.4, 0.5) is 8.78 Å². The molecule has 2 rings (SSSR count). The summed E-state index contributed by atoms with van der Waals surface area (Å²) >= 11 is 0. The maximum Gasteiger partial charge on any atom is 0.274 e. The number of nitrogens with one attached hydrogen (secondary N) is 2. The minimum Gasteiger partial charge on any atom is -0.432 e. The van der Waals surface area contributed by atoms with Gasteiger partial charge in [-0.25, -0.2) is 13.9 Å². The Balaban J connectivity index is 2.21. The summed E-state index contributed by atoms with van der Waals surface area (Å²) in [6, 6.07) is 2.98. The summed E-state index contributed by atoms with van der Waals surface area (Å²) < 4.78 is 41.0. The van der Waals surface area contributed by atoms with E-state index < -0.39 is 22.6 Å². The van der Waals surface area contributed by atoms with Gasteiger partial charge in [0.15, 0.2) is 11.6 Å². The number of nitrogens with two attached hydrogens (primary N) is 1. The lowest BCUT2D eigenvalue weighted by atomic mass is 10.2. The van der Waals surface area contributed by atoms with E-state index in [4.69, 9.17) is 14.8 Å². The van der Waals surface area contributed by atoms with E-state index in [1.165, 1.54) is 0 Å². The number of benzene rings is 1. The number of hydrogen-bond donors (Lipinski definition) is 3. The molecule has 0 saturated heterocycles. The Bertz CT molecular complexity index is 675. The molecule has 0 spiro atoms. The minimum atomic E-state index is -0.837. The molecule has 1 heterocycles. The molecule has 1 aromatic heterocycles. The fraction of sp³-hybridized carbons (Fsp3) is 0.429. The number of H-pyrrole nitrogens is 2. The van der Waals surface area contributed by atoms with Gasteiger partial charge in [-0.05, 0) is 25.0 Å². The molecule has 2 atom stereocenters. The number of rotatable bonds is 7. The quantitative estimate of drug-likeness (QED) is 0.526. The van der Waals surface area contributed by atoms with Crippen LogP contribution in [0.5, 0.6) is 11.6 Å². The van der Waals surface area contributed by atoms with Crippen LogP contribution < -0.4 is 14.8 Å². The van der Waals surface area contributed by atoms with Crippen molar-refractivity contribution in [3.63, 3.8) is 0 Å². The van der Waals surface area contributed by atoms with Crippen molar-refractivity contribution in [2.45, 2.75) is 39.2 Å². The standard InChI is InChI=1S/C14H21F2N4O2S/c1-3-5-11(4-2)22-23-9-14(18-20(17)19-23)21-13-8-10(15)6-7-12(13)16/h6-9,11,18-19H,3-5,17H2,1-2H3/q+1. The highest BCUT2D eigenvalue weighted by Gasteiger charge is 2.18. The SMILES string of the molecule is CCCC(CC)O[s+]1cc(Oc2cc(F)ccc2F)[nH]n(N)[nH]1. The fourth-order valence-corrected chi connectivity index (χ4v) is 3.16. The third-order valence-corrected chi connectivity index (χ3v) is 4.34. The van der Waals surface area contributed by atoms with Crippen molar-refractivity contribution in [2.75, 3.05) is 5.84 Å². The highest BCUT2D eigenvalue weighted by molar-refractivity contribution is 7.19. The zero-order chi connectivity index (χ0) is 16.8. The molecular weight excluding hydrogens is 326 g/mol. The maximum absolute atomic E-state index is 13.6. The van der Waals surface area contributed by atoms with E-state index in [2.05, 4.69) is 16.5 Å². The first-order valence-electron chi connectivity index (χ1n) is 7.34. The molecule has 0 amide bonds. The van der Waals surface area contributed by atoms with E-state index in [1.807, 2.05) is 6.92 Å². The second kappa shape index (κ2) is 8.02. The Morgan fingerprint density at radius 1 is 1.35 bits per heavy atom. The number of aromatic nitrogens is 3. The van der Waals surface area contributed by atoms with Gasteiger partial charge >= 0.3 is 0 Å². The lowest BCUT2D eigenvalue weighted by Gasteiger charge is -2.10. The van der Waals surface area contributed by atoms with Crippen LogP contribution >= 0.6 is 10.9 Å².